The van der Waals surface area contributed by atoms with E-state index in [0.717, 1.165) is 42.7 Å². The Bertz CT molecular complexity index is 651. The van der Waals surface area contributed by atoms with E-state index in [-0.39, 0.29) is 18.3 Å². The molecule has 1 saturated carbocycles. The van der Waals surface area contributed by atoms with Crippen molar-refractivity contribution in [3.8, 4) is 11.5 Å². The third kappa shape index (κ3) is 5.32. The first-order valence-corrected chi connectivity index (χ1v) is 10.6. The lowest BCUT2D eigenvalue weighted by Gasteiger charge is -2.28. The second kappa shape index (κ2) is 9.84. The molecule has 0 spiro atoms. The molecule has 1 aromatic carbocycles. The number of halogens is 1. The zero-order valence-electron chi connectivity index (χ0n) is 16.7. The first-order chi connectivity index (χ1) is 13.2. The number of rotatable bonds is 7. The van der Waals surface area contributed by atoms with Crippen molar-refractivity contribution in [3.63, 3.8) is 0 Å². The highest BCUT2D eigenvalue weighted by atomic mass is 35.5. The Morgan fingerprint density at radius 3 is 2.50 bits per heavy atom. The Balaban J connectivity index is 0.00000225. The van der Waals surface area contributed by atoms with Crippen molar-refractivity contribution in [3.05, 3.63) is 23.8 Å². The van der Waals surface area contributed by atoms with E-state index in [0.29, 0.717) is 37.1 Å². The van der Waals surface area contributed by atoms with E-state index in [9.17, 15) is 4.79 Å². The minimum absolute atomic E-state index is 0. The standard InChI is InChI=1S/C22H32N2O3.ClH/c1-26-20-9-6-15(12-21(20)27-19-4-2-3-5-19)14-23-22(25)13-16-10-17-7-8-18(11-16)24-17;/h6,9,12,16-19,24H,2-5,7-8,10-11,13-14H2,1H3,(H,23,25);1H. The molecule has 2 bridgehead atoms. The van der Waals surface area contributed by atoms with Crippen LogP contribution < -0.4 is 20.1 Å². The van der Waals surface area contributed by atoms with E-state index >= 15 is 0 Å². The van der Waals surface area contributed by atoms with Crippen LogP contribution in [0.15, 0.2) is 18.2 Å². The lowest BCUT2D eigenvalue weighted by atomic mass is 9.89. The number of hydrogen-bond donors (Lipinski definition) is 2. The van der Waals surface area contributed by atoms with Gasteiger partial charge in [-0.2, -0.15) is 0 Å². The van der Waals surface area contributed by atoms with Crippen molar-refractivity contribution in [2.24, 2.45) is 5.92 Å². The molecule has 2 heterocycles. The van der Waals surface area contributed by atoms with Crippen molar-refractivity contribution in [1.82, 2.24) is 10.6 Å². The highest BCUT2D eigenvalue weighted by Gasteiger charge is 2.34. The van der Waals surface area contributed by atoms with Crippen LogP contribution in [0.4, 0.5) is 0 Å². The van der Waals surface area contributed by atoms with Gasteiger partial charge in [-0.15, -0.1) is 12.4 Å². The van der Waals surface area contributed by atoms with Crippen LogP contribution in [0, 0.1) is 5.92 Å². The summed E-state index contributed by atoms with van der Waals surface area (Å²) in [6, 6.07) is 7.24. The molecular weight excluding hydrogens is 376 g/mol. The number of piperidine rings is 1. The number of nitrogens with one attached hydrogen (secondary N) is 2. The third-order valence-electron chi connectivity index (χ3n) is 6.36. The zero-order chi connectivity index (χ0) is 18.6. The van der Waals surface area contributed by atoms with E-state index in [2.05, 4.69) is 10.6 Å². The van der Waals surface area contributed by atoms with Gasteiger partial charge >= 0.3 is 0 Å². The number of hydrogen-bond acceptors (Lipinski definition) is 4. The highest BCUT2D eigenvalue weighted by Crippen LogP contribution is 2.33. The lowest BCUT2D eigenvalue weighted by molar-refractivity contribution is -0.122. The molecule has 2 unspecified atom stereocenters. The molecular formula is C22H33ClN2O3. The van der Waals surface area contributed by atoms with Gasteiger partial charge in [0, 0.05) is 25.0 Å². The van der Waals surface area contributed by atoms with E-state index < -0.39 is 0 Å². The molecule has 1 aliphatic carbocycles. The Hall–Kier alpha value is -1.46. The van der Waals surface area contributed by atoms with Crippen LogP contribution in [0.2, 0.25) is 0 Å². The predicted molar refractivity (Wildman–Crippen MR) is 112 cm³/mol. The summed E-state index contributed by atoms with van der Waals surface area (Å²) < 4.78 is 11.6. The summed E-state index contributed by atoms with van der Waals surface area (Å²) in [6.07, 6.45) is 10.5. The number of fused-ring (bicyclic) bond motifs is 2. The summed E-state index contributed by atoms with van der Waals surface area (Å²) in [6.45, 7) is 0.543. The molecule has 156 valence electrons. The molecule has 2 saturated heterocycles. The Morgan fingerprint density at radius 2 is 1.82 bits per heavy atom. The van der Waals surface area contributed by atoms with E-state index in [1.807, 2.05) is 18.2 Å². The van der Waals surface area contributed by atoms with Gasteiger partial charge in [0.2, 0.25) is 5.91 Å². The minimum atomic E-state index is 0. The Morgan fingerprint density at radius 1 is 1.11 bits per heavy atom. The fourth-order valence-electron chi connectivity index (χ4n) is 4.99. The lowest BCUT2D eigenvalue weighted by Crippen LogP contribution is -2.39. The van der Waals surface area contributed by atoms with Crippen molar-refractivity contribution < 1.29 is 14.3 Å². The maximum atomic E-state index is 12.4. The molecule has 5 nitrogen and oxygen atoms in total. The second-order valence-electron chi connectivity index (χ2n) is 8.47. The van der Waals surface area contributed by atoms with Crippen molar-refractivity contribution in [2.45, 2.75) is 82.5 Å². The van der Waals surface area contributed by atoms with Gasteiger partial charge in [-0.3, -0.25) is 4.79 Å². The summed E-state index contributed by atoms with van der Waals surface area (Å²) in [4.78, 5) is 12.4. The van der Waals surface area contributed by atoms with Gasteiger partial charge in [-0.1, -0.05) is 6.07 Å². The number of benzene rings is 1. The largest absolute Gasteiger partial charge is 0.493 e. The maximum Gasteiger partial charge on any atom is 0.220 e. The van der Waals surface area contributed by atoms with Crippen LogP contribution in [-0.4, -0.2) is 31.2 Å². The van der Waals surface area contributed by atoms with Crippen molar-refractivity contribution in [2.75, 3.05) is 7.11 Å². The Kier molecular flexibility index (Phi) is 7.47. The van der Waals surface area contributed by atoms with E-state index in [4.69, 9.17) is 9.47 Å². The number of carbonyl (C=O) groups is 1. The summed E-state index contributed by atoms with van der Waals surface area (Å²) in [5.41, 5.74) is 1.06. The fraction of sp³-hybridized carbons (Fsp3) is 0.682. The summed E-state index contributed by atoms with van der Waals surface area (Å²) >= 11 is 0. The van der Waals surface area contributed by atoms with Crippen LogP contribution in [0.1, 0.15) is 63.4 Å². The molecule has 6 heteroatoms. The van der Waals surface area contributed by atoms with Crippen molar-refractivity contribution >= 4 is 18.3 Å². The molecule has 1 aromatic rings. The smallest absolute Gasteiger partial charge is 0.220 e. The molecule has 0 radical (unpaired) electrons. The van der Waals surface area contributed by atoms with Gasteiger partial charge in [0.1, 0.15) is 0 Å². The van der Waals surface area contributed by atoms with Gasteiger partial charge in [0.05, 0.1) is 13.2 Å². The van der Waals surface area contributed by atoms with E-state index in [1.54, 1.807) is 7.11 Å². The first-order valence-electron chi connectivity index (χ1n) is 10.6. The topological polar surface area (TPSA) is 59.6 Å². The van der Waals surface area contributed by atoms with Crippen LogP contribution in [0.25, 0.3) is 0 Å². The number of methoxy groups -OCH3 is 1. The molecule has 1 amide bonds. The normalized spacial score (nSPS) is 26.5. The van der Waals surface area contributed by atoms with Crippen LogP contribution in [0.5, 0.6) is 11.5 Å². The molecule has 0 aromatic heterocycles. The fourth-order valence-corrected chi connectivity index (χ4v) is 4.99. The molecule has 2 N–H and O–H groups in total. The zero-order valence-corrected chi connectivity index (χ0v) is 17.6. The second-order valence-corrected chi connectivity index (χ2v) is 8.47. The van der Waals surface area contributed by atoms with Gasteiger partial charge in [-0.25, -0.2) is 0 Å². The average Bonchev–Trinajstić information content (AvgIpc) is 3.29. The van der Waals surface area contributed by atoms with Crippen LogP contribution >= 0.6 is 12.4 Å². The number of amides is 1. The van der Waals surface area contributed by atoms with Gasteiger partial charge < -0.3 is 20.1 Å². The van der Waals surface area contributed by atoms with Gasteiger partial charge in [0.15, 0.2) is 11.5 Å². The maximum absolute atomic E-state index is 12.4. The Labute approximate surface area is 174 Å². The summed E-state index contributed by atoms with van der Waals surface area (Å²) in [5, 5.41) is 6.74. The summed E-state index contributed by atoms with van der Waals surface area (Å²) in [7, 11) is 1.67. The molecule has 2 aliphatic heterocycles. The molecule has 2 atom stereocenters. The molecule has 3 fully saturated rings. The summed E-state index contributed by atoms with van der Waals surface area (Å²) in [5.74, 6) is 2.25. The van der Waals surface area contributed by atoms with Crippen LogP contribution in [-0.2, 0) is 11.3 Å². The SMILES string of the molecule is COc1ccc(CNC(=O)CC2CC3CCC(C2)N3)cc1OC1CCCC1.Cl. The van der Waals surface area contributed by atoms with E-state index in [1.165, 1.54) is 25.7 Å². The third-order valence-corrected chi connectivity index (χ3v) is 6.36. The molecule has 3 aliphatic rings. The number of carbonyl (C=O) groups excluding carboxylic acids is 1. The quantitative estimate of drug-likeness (QED) is 0.716. The average molecular weight is 409 g/mol. The molecule has 4 rings (SSSR count). The first kappa shape index (κ1) is 21.3. The number of ether oxygens (including phenoxy) is 2. The molecule has 28 heavy (non-hydrogen) atoms. The monoisotopic (exact) mass is 408 g/mol. The predicted octanol–water partition coefficient (Wildman–Crippen LogP) is 3.98. The van der Waals surface area contributed by atoms with Gasteiger partial charge in [-0.05, 0) is 75.0 Å². The minimum Gasteiger partial charge on any atom is -0.493 e. The van der Waals surface area contributed by atoms with Gasteiger partial charge in [0.25, 0.3) is 0 Å². The highest BCUT2D eigenvalue weighted by molar-refractivity contribution is 5.85. The van der Waals surface area contributed by atoms with Crippen LogP contribution in [0.3, 0.4) is 0 Å². The van der Waals surface area contributed by atoms with Crippen molar-refractivity contribution in [1.29, 1.82) is 0 Å².